The third kappa shape index (κ3) is 3.36. The van der Waals surface area contributed by atoms with Crippen LogP contribution in [0.5, 0.6) is 5.75 Å². The predicted molar refractivity (Wildman–Crippen MR) is 80.2 cm³/mol. The largest absolute Gasteiger partial charge is 0.487 e. The monoisotopic (exact) mass is 308 g/mol. The SMILES string of the molecule is CCOc1ccc(C(=O)N2CC(C)OCC2C)cc1[N+](=O)[O-]. The number of rotatable bonds is 4. The van der Waals surface area contributed by atoms with Crippen molar-refractivity contribution >= 4 is 11.6 Å². The summed E-state index contributed by atoms with van der Waals surface area (Å²) in [5.74, 6) is -0.0544. The lowest BCUT2D eigenvalue weighted by Crippen LogP contribution is -2.50. The lowest BCUT2D eigenvalue weighted by atomic mass is 10.1. The van der Waals surface area contributed by atoms with E-state index in [1.165, 1.54) is 12.1 Å². The number of carbonyl (C=O) groups excluding carboxylic acids is 1. The van der Waals surface area contributed by atoms with E-state index in [1.54, 1.807) is 17.9 Å². The Hall–Kier alpha value is -2.15. The van der Waals surface area contributed by atoms with E-state index in [0.29, 0.717) is 19.8 Å². The number of hydrogen-bond acceptors (Lipinski definition) is 5. The van der Waals surface area contributed by atoms with Crippen molar-refractivity contribution < 1.29 is 19.2 Å². The number of hydrogen-bond donors (Lipinski definition) is 0. The summed E-state index contributed by atoms with van der Waals surface area (Å²) in [4.78, 5) is 24.9. The first-order valence-electron chi connectivity index (χ1n) is 7.27. The van der Waals surface area contributed by atoms with Gasteiger partial charge in [-0.3, -0.25) is 14.9 Å². The van der Waals surface area contributed by atoms with E-state index in [0.717, 1.165) is 0 Å². The first-order chi connectivity index (χ1) is 10.4. The number of nitro groups is 1. The first-order valence-corrected chi connectivity index (χ1v) is 7.27. The molecule has 1 aliphatic rings. The summed E-state index contributed by atoms with van der Waals surface area (Å²) in [7, 11) is 0. The molecule has 0 N–H and O–H groups in total. The molecule has 1 aromatic carbocycles. The molecule has 7 heteroatoms. The van der Waals surface area contributed by atoms with Crippen molar-refractivity contribution in [2.75, 3.05) is 19.8 Å². The topological polar surface area (TPSA) is 81.9 Å². The second-order valence-corrected chi connectivity index (χ2v) is 5.32. The third-order valence-electron chi connectivity index (χ3n) is 3.57. The fourth-order valence-corrected chi connectivity index (χ4v) is 2.42. The van der Waals surface area contributed by atoms with Crippen molar-refractivity contribution in [2.45, 2.75) is 32.9 Å². The highest BCUT2D eigenvalue weighted by atomic mass is 16.6. The highest BCUT2D eigenvalue weighted by Gasteiger charge is 2.29. The van der Waals surface area contributed by atoms with Crippen LogP contribution in [0.25, 0.3) is 0 Å². The Labute approximate surface area is 129 Å². The number of morpholine rings is 1. The molecule has 1 heterocycles. The van der Waals surface area contributed by atoms with Crippen LogP contribution in [0.1, 0.15) is 31.1 Å². The minimum Gasteiger partial charge on any atom is -0.487 e. The van der Waals surface area contributed by atoms with E-state index in [9.17, 15) is 14.9 Å². The summed E-state index contributed by atoms with van der Waals surface area (Å²) in [6.07, 6.45) is -0.0437. The number of nitro benzene ring substituents is 1. The lowest BCUT2D eigenvalue weighted by molar-refractivity contribution is -0.385. The van der Waals surface area contributed by atoms with Gasteiger partial charge >= 0.3 is 5.69 Å². The fourth-order valence-electron chi connectivity index (χ4n) is 2.42. The summed E-state index contributed by atoms with van der Waals surface area (Å²) >= 11 is 0. The number of ether oxygens (including phenoxy) is 2. The molecule has 1 aliphatic heterocycles. The minimum absolute atomic E-state index is 0.0437. The molecule has 1 amide bonds. The Morgan fingerprint density at radius 2 is 2.23 bits per heavy atom. The molecule has 1 saturated heterocycles. The Morgan fingerprint density at radius 1 is 1.50 bits per heavy atom. The first kappa shape index (κ1) is 16.2. The molecule has 7 nitrogen and oxygen atoms in total. The van der Waals surface area contributed by atoms with Crippen molar-refractivity contribution in [2.24, 2.45) is 0 Å². The van der Waals surface area contributed by atoms with Gasteiger partial charge < -0.3 is 14.4 Å². The second-order valence-electron chi connectivity index (χ2n) is 5.32. The number of benzene rings is 1. The van der Waals surface area contributed by atoms with Crippen molar-refractivity contribution in [3.8, 4) is 5.75 Å². The van der Waals surface area contributed by atoms with Crippen molar-refractivity contribution in [3.05, 3.63) is 33.9 Å². The van der Waals surface area contributed by atoms with Gasteiger partial charge in [-0.1, -0.05) is 0 Å². The van der Waals surface area contributed by atoms with Crippen LogP contribution in [0.4, 0.5) is 5.69 Å². The zero-order valence-corrected chi connectivity index (χ0v) is 12.9. The van der Waals surface area contributed by atoms with Gasteiger partial charge in [0.25, 0.3) is 5.91 Å². The number of carbonyl (C=O) groups is 1. The van der Waals surface area contributed by atoms with Gasteiger partial charge in [-0.2, -0.15) is 0 Å². The van der Waals surface area contributed by atoms with Crippen molar-refractivity contribution in [1.82, 2.24) is 4.90 Å². The Bertz CT molecular complexity index is 575. The van der Waals surface area contributed by atoms with E-state index in [4.69, 9.17) is 9.47 Å². The molecule has 2 unspecified atom stereocenters. The molecule has 0 aromatic heterocycles. The van der Waals surface area contributed by atoms with E-state index in [1.807, 2.05) is 13.8 Å². The van der Waals surface area contributed by atoms with Crippen LogP contribution >= 0.6 is 0 Å². The maximum atomic E-state index is 12.6. The molecule has 0 spiro atoms. The van der Waals surface area contributed by atoms with Crippen LogP contribution in [0.3, 0.4) is 0 Å². The smallest absolute Gasteiger partial charge is 0.311 e. The highest BCUT2D eigenvalue weighted by Crippen LogP contribution is 2.29. The zero-order chi connectivity index (χ0) is 16.3. The molecule has 22 heavy (non-hydrogen) atoms. The predicted octanol–water partition coefficient (Wildman–Crippen LogP) is 2.24. The average Bonchev–Trinajstić information content (AvgIpc) is 2.49. The van der Waals surface area contributed by atoms with Gasteiger partial charge in [0.1, 0.15) is 0 Å². The summed E-state index contributed by atoms with van der Waals surface area (Å²) in [5, 5.41) is 11.1. The van der Waals surface area contributed by atoms with E-state index in [2.05, 4.69) is 0 Å². The molecule has 2 atom stereocenters. The van der Waals surface area contributed by atoms with Crippen LogP contribution in [-0.4, -0.2) is 47.6 Å². The van der Waals surface area contributed by atoms with Gasteiger partial charge in [0.2, 0.25) is 0 Å². The van der Waals surface area contributed by atoms with Crippen LogP contribution in [0, 0.1) is 10.1 Å². The summed E-state index contributed by atoms with van der Waals surface area (Å²) in [6.45, 7) is 6.80. The van der Waals surface area contributed by atoms with Gasteiger partial charge in [-0.25, -0.2) is 0 Å². The van der Waals surface area contributed by atoms with Crippen molar-refractivity contribution in [1.29, 1.82) is 0 Å². The van der Waals surface area contributed by atoms with Gasteiger partial charge in [0.05, 0.1) is 30.3 Å². The summed E-state index contributed by atoms with van der Waals surface area (Å²) in [6, 6.07) is 4.26. The fraction of sp³-hybridized carbons (Fsp3) is 0.533. The molecule has 0 saturated carbocycles. The Kier molecular flexibility index (Phi) is 4.97. The van der Waals surface area contributed by atoms with E-state index < -0.39 is 4.92 Å². The zero-order valence-electron chi connectivity index (χ0n) is 12.9. The van der Waals surface area contributed by atoms with Gasteiger partial charge in [-0.05, 0) is 32.9 Å². The van der Waals surface area contributed by atoms with Gasteiger partial charge in [0, 0.05) is 18.2 Å². The molecule has 1 fully saturated rings. The number of amides is 1. The van der Waals surface area contributed by atoms with E-state index in [-0.39, 0.29) is 35.1 Å². The summed E-state index contributed by atoms with van der Waals surface area (Å²) < 4.78 is 10.7. The minimum atomic E-state index is -0.535. The highest BCUT2D eigenvalue weighted by molar-refractivity contribution is 5.95. The molecular formula is C15H20N2O5. The van der Waals surface area contributed by atoms with Crippen LogP contribution in [0.2, 0.25) is 0 Å². The molecular weight excluding hydrogens is 288 g/mol. The van der Waals surface area contributed by atoms with Crippen LogP contribution < -0.4 is 4.74 Å². The van der Waals surface area contributed by atoms with Crippen molar-refractivity contribution in [3.63, 3.8) is 0 Å². The Balaban J connectivity index is 2.29. The standard InChI is InChI=1S/C15H20N2O5/c1-4-21-14-6-5-12(7-13(14)17(19)20)15(18)16-8-11(3)22-9-10(16)2/h5-7,10-11H,4,8-9H2,1-3H3. The summed E-state index contributed by atoms with van der Waals surface area (Å²) in [5.41, 5.74) is 0.0952. The van der Waals surface area contributed by atoms with Gasteiger partial charge in [0.15, 0.2) is 5.75 Å². The molecule has 0 aliphatic carbocycles. The average molecular weight is 308 g/mol. The Morgan fingerprint density at radius 3 is 2.86 bits per heavy atom. The van der Waals surface area contributed by atoms with Crippen LogP contribution in [-0.2, 0) is 4.74 Å². The second kappa shape index (κ2) is 6.74. The third-order valence-corrected chi connectivity index (χ3v) is 3.57. The molecule has 0 radical (unpaired) electrons. The van der Waals surface area contributed by atoms with Crippen LogP contribution in [0.15, 0.2) is 18.2 Å². The molecule has 2 rings (SSSR count). The molecule has 120 valence electrons. The normalized spacial score (nSPS) is 21.5. The number of nitrogens with zero attached hydrogens (tertiary/aromatic N) is 2. The maximum Gasteiger partial charge on any atom is 0.311 e. The molecule has 0 bridgehead atoms. The quantitative estimate of drug-likeness (QED) is 0.629. The lowest BCUT2D eigenvalue weighted by Gasteiger charge is -2.36. The maximum absolute atomic E-state index is 12.6. The molecule has 1 aromatic rings. The van der Waals surface area contributed by atoms with E-state index >= 15 is 0 Å². The van der Waals surface area contributed by atoms with Gasteiger partial charge in [-0.15, -0.1) is 0 Å².